The van der Waals surface area contributed by atoms with Crippen LogP contribution in [0, 0.1) is 11.6 Å². The molecule has 6 heteroatoms. The topological polar surface area (TPSA) is 41.1 Å². The third-order valence-corrected chi connectivity index (χ3v) is 3.04. The van der Waals surface area contributed by atoms with E-state index in [0.29, 0.717) is 6.54 Å². The number of carbonyl (C=O) groups is 1. The molecule has 0 radical (unpaired) electrons. The van der Waals surface area contributed by atoms with E-state index in [1.807, 2.05) is 0 Å². The maximum atomic E-state index is 13.3. The third kappa shape index (κ3) is 4.51. The van der Waals surface area contributed by atoms with Gasteiger partial charge in [-0.15, -0.1) is 0 Å². The van der Waals surface area contributed by atoms with Gasteiger partial charge in [-0.2, -0.15) is 0 Å². The number of amides is 1. The highest BCUT2D eigenvalue weighted by Gasteiger charge is 2.06. The summed E-state index contributed by atoms with van der Waals surface area (Å²) in [5.74, 6) is -1.35. The molecule has 0 aliphatic carbocycles. The van der Waals surface area contributed by atoms with Crippen LogP contribution in [0.1, 0.15) is 5.56 Å². The van der Waals surface area contributed by atoms with Gasteiger partial charge in [-0.1, -0.05) is 29.8 Å². The largest absolute Gasteiger partial charge is 0.322 e. The molecule has 0 unspecified atom stereocenters. The molecule has 1 amide bonds. The van der Waals surface area contributed by atoms with Crippen LogP contribution in [0.3, 0.4) is 0 Å². The lowest BCUT2D eigenvalue weighted by Crippen LogP contribution is -2.28. The molecule has 0 spiro atoms. The minimum absolute atomic E-state index is 0.00330. The Bertz CT molecular complexity index is 649. The second kappa shape index (κ2) is 7.15. The molecule has 2 aromatic rings. The Labute approximate surface area is 125 Å². The Kier molecular flexibility index (Phi) is 5.25. The van der Waals surface area contributed by atoms with Crippen molar-refractivity contribution in [1.82, 2.24) is 5.32 Å². The summed E-state index contributed by atoms with van der Waals surface area (Å²) >= 11 is 5.66. The average molecular weight is 311 g/mol. The summed E-state index contributed by atoms with van der Waals surface area (Å²) in [7, 11) is 0. The van der Waals surface area contributed by atoms with E-state index in [1.165, 1.54) is 24.3 Å². The summed E-state index contributed by atoms with van der Waals surface area (Å²) in [5.41, 5.74) is 0.884. The third-order valence-electron chi connectivity index (χ3n) is 2.75. The molecular weight excluding hydrogens is 298 g/mol. The van der Waals surface area contributed by atoms with E-state index in [2.05, 4.69) is 10.6 Å². The number of carbonyl (C=O) groups excluding carboxylic acids is 1. The summed E-state index contributed by atoms with van der Waals surface area (Å²) in [6.07, 6.45) is 0. The van der Waals surface area contributed by atoms with Crippen LogP contribution < -0.4 is 10.6 Å². The summed E-state index contributed by atoms with van der Waals surface area (Å²) < 4.78 is 26.3. The predicted molar refractivity (Wildman–Crippen MR) is 78.1 cm³/mol. The molecule has 0 aliphatic heterocycles. The monoisotopic (exact) mass is 310 g/mol. The van der Waals surface area contributed by atoms with E-state index in [4.69, 9.17) is 11.6 Å². The number of anilines is 1. The van der Waals surface area contributed by atoms with E-state index in [1.54, 1.807) is 18.2 Å². The van der Waals surface area contributed by atoms with Gasteiger partial charge in [-0.25, -0.2) is 8.78 Å². The summed E-state index contributed by atoms with van der Waals surface area (Å²) in [6.45, 7) is 0.355. The Hall–Kier alpha value is -1.98. The van der Waals surface area contributed by atoms with Crippen molar-refractivity contribution in [3.05, 3.63) is 64.7 Å². The van der Waals surface area contributed by atoms with Crippen molar-refractivity contribution < 1.29 is 13.6 Å². The fourth-order valence-electron chi connectivity index (χ4n) is 1.73. The van der Waals surface area contributed by atoms with Gasteiger partial charge in [0.15, 0.2) is 0 Å². The first-order valence-electron chi connectivity index (χ1n) is 6.25. The number of hydrogen-bond donors (Lipinski definition) is 2. The fraction of sp³-hybridized carbons (Fsp3) is 0.133. The minimum Gasteiger partial charge on any atom is -0.322 e. The maximum Gasteiger partial charge on any atom is 0.238 e. The van der Waals surface area contributed by atoms with E-state index in [0.717, 1.165) is 5.56 Å². The van der Waals surface area contributed by atoms with Gasteiger partial charge >= 0.3 is 0 Å². The molecule has 2 N–H and O–H groups in total. The number of benzene rings is 2. The molecule has 3 nitrogen and oxygen atoms in total. The van der Waals surface area contributed by atoms with Crippen molar-refractivity contribution in [2.45, 2.75) is 6.54 Å². The van der Waals surface area contributed by atoms with Crippen LogP contribution in [0.15, 0.2) is 42.5 Å². The van der Waals surface area contributed by atoms with Crippen LogP contribution in [0.4, 0.5) is 14.5 Å². The standard InChI is InChI=1S/C15H13ClF2N2O/c16-11-7-10(5-6-12(11)17)8-19-9-15(21)20-14-4-2-1-3-13(14)18/h1-7,19H,8-9H2,(H,20,21). The SMILES string of the molecule is O=C(CNCc1ccc(F)c(Cl)c1)Nc1ccccc1F. The lowest BCUT2D eigenvalue weighted by molar-refractivity contribution is -0.115. The molecule has 0 bridgehead atoms. The number of hydrogen-bond acceptors (Lipinski definition) is 2. The molecule has 0 fully saturated rings. The molecule has 0 aliphatic rings. The fourth-order valence-corrected chi connectivity index (χ4v) is 1.93. The summed E-state index contributed by atoms with van der Waals surface area (Å²) in [5, 5.41) is 5.36. The molecule has 0 heterocycles. The highest BCUT2D eigenvalue weighted by Crippen LogP contribution is 2.16. The van der Waals surface area contributed by atoms with Gasteiger partial charge in [0.25, 0.3) is 0 Å². The van der Waals surface area contributed by atoms with Crippen molar-refractivity contribution in [1.29, 1.82) is 0 Å². The van der Waals surface area contributed by atoms with Gasteiger partial charge in [0.2, 0.25) is 5.91 Å². The quantitative estimate of drug-likeness (QED) is 0.889. The molecule has 2 aromatic carbocycles. The average Bonchev–Trinajstić information content (AvgIpc) is 2.45. The van der Waals surface area contributed by atoms with Gasteiger partial charge < -0.3 is 10.6 Å². The lowest BCUT2D eigenvalue weighted by atomic mass is 10.2. The number of halogens is 3. The van der Waals surface area contributed by atoms with Crippen LogP contribution in [0.25, 0.3) is 0 Å². The zero-order valence-electron chi connectivity index (χ0n) is 11.0. The summed E-state index contributed by atoms with van der Waals surface area (Å²) in [6, 6.07) is 10.2. The molecule has 0 saturated heterocycles. The van der Waals surface area contributed by atoms with Gasteiger partial charge in [0.1, 0.15) is 11.6 Å². The van der Waals surface area contributed by atoms with Gasteiger partial charge in [-0.05, 0) is 29.8 Å². The highest BCUT2D eigenvalue weighted by molar-refractivity contribution is 6.30. The molecule has 0 saturated carbocycles. The van der Waals surface area contributed by atoms with Crippen LogP contribution in [0.5, 0.6) is 0 Å². The maximum absolute atomic E-state index is 13.3. The van der Waals surface area contributed by atoms with Gasteiger partial charge in [-0.3, -0.25) is 4.79 Å². The summed E-state index contributed by atoms with van der Waals surface area (Å²) in [4.78, 5) is 11.6. The molecule has 0 aromatic heterocycles. The first-order chi connectivity index (χ1) is 10.1. The zero-order chi connectivity index (χ0) is 15.2. The highest BCUT2D eigenvalue weighted by atomic mass is 35.5. The first-order valence-corrected chi connectivity index (χ1v) is 6.63. The minimum atomic E-state index is -0.490. The van der Waals surface area contributed by atoms with Crippen molar-refractivity contribution in [2.75, 3.05) is 11.9 Å². The normalized spacial score (nSPS) is 10.4. The molecule has 2 rings (SSSR count). The van der Waals surface area contributed by atoms with Crippen molar-refractivity contribution >= 4 is 23.2 Å². The number of nitrogens with one attached hydrogen (secondary N) is 2. The Morgan fingerprint density at radius 1 is 1.10 bits per heavy atom. The van der Waals surface area contributed by atoms with Gasteiger partial charge in [0.05, 0.1) is 17.3 Å². The van der Waals surface area contributed by atoms with Crippen LogP contribution in [-0.4, -0.2) is 12.5 Å². The first kappa shape index (κ1) is 15.4. The van der Waals surface area contributed by atoms with E-state index < -0.39 is 11.6 Å². The smallest absolute Gasteiger partial charge is 0.238 e. The van der Waals surface area contributed by atoms with E-state index >= 15 is 0 Å². The van der Waals surface area contributed by atoms with Crippen molar-refractivity contribution in [3.8, 4) is 0 Å². The molecule has 110 valence electrons. The van der Waals surface area contributed by atoms with E-state index in [-0.39, 0.29) is 23.2 Å². The Balaban J connectivity index is 1.82. The van der Waals surface area contributed by atoms with Gasteiger partial charge in [0, 0.05) is 6.54 Å². The van der Waals surface area contributed by atoms with Crippen molar-refractivity contribution in [2.24, 2.45) is 0 Å². The van der Waals surface area contributed by atoms with Crippen LogP contribution in [0.2, 0.25) is 5.02 Å². The lowest BCUT2D eigenvalue weighted by Gasteiger charge is -2.08. The number of para-hydroxylation sites is 1. The van der Waals surface area contributed by atoms with Crippen LogP contribution >= 0.6 is 11.6 Å². The Morgan fingerprint density at radius 3 is 2.57 bits per heavy atom. The molecule has 0 atom stereocenters. The zero-order valence-corrected chi connectivity index (χ0v) is 11.8. The van der Waals surface area contributed by atoms with Crippen LogP contribution in [-0.2, 0) is 11.3 Å². The Morgan fingerprint density at radius 2 is 1.86 bits per heavy atom. The predicted octanol–water partition coefficient (Wildman–Crippen LogP) is 3.35. The molecule has 21 heavy (non-hydrogen) atoms. The number of rotatable bonds is 5. The second-order valence-corrected chi connectivity index (χ2v) is 4.79. The second-order valence-electron chi connectivity index (χ2n) is 4.38. The van der Waals surface area contributed by atoms with E-state index in [9.17, 15) is 13.6 Å². The van der Waals surface area contributed by atoms with Crippen molar-refractivity contribution in [3.63, 3.8) is 0 Å². The molecular formula is C15H13ClF2N2O.